The SMILES string of the molecule is CC(C(=O)c1nc2ccccc2[nH]1)(c1ccccc1)S(=O)(=O)c1ccccc1. The van der Waals surface area contributed by atoms with E-state index in [0.717, 1.165) is 0 Å². The van der Waals surface area contributed by atoms with Gasteiger partial charge in [0.2, 0.25) is 5.78 Å². The molecule has 28 heavy (non-hydrogen) atoms. The minimum absolute atomic E-state index is 0.0204. The van der Waals surface area contributed by atoms with E-state index in [9.17, 15) is 13.2 Å². The first-order chi connectivity index (χ1) is 13.4. The first kappa shape index (κ1) is 18.1. The van der Waals surface area contributed by atoms with Crippen LogP contribution in [0.4, 0.5) is 0 Å². The van der Waals surface area contributed by atoms with Crippen LogP contribution < -0.4 is 0 Å². The molecule has 0 saturated carbocycles. The minimum atomic E-state index is -4.05. The molecule has 0 fully saturated rings. The Balaban J connectivity index is 1.95. The number of aromatic nitrogens is 2. The third-order valence-electron chi connectivity index (χ3n) is 4.95. The van der Waals surface area contributed by atoms with Gasteiger partial charge in [0.15, 0.2) is 20.4 Å². The highest BCUT2D eigenvalue weighted by Gasteiger charge is 2.50. The zero-order valence-electron chi connectivity index (χ0n) is 15.2. The number of H-pyrrole nitrogens is 1. The minimum Gasteiger partial charge on any atom is -0.335 e. The molecule has 0 aliphatic carbocycles. The predicted octanol–water partition coefficient (Wildman–Crippen LogP) is 4.13. The lowest BCUT2D eigenvalue weighted by Crippen LogP contribution is -2.41. The Hall–Kier alpha value is -3.25. The summed E-state index contributed by atoms with van der Waals surface area (Å²) >= 11 is 0. The highest BCUT2D eigenvalue weighted by atomic mass is 32.2. The van der Waals surface area contributed by atoms with Gasteiger partial charge < -0.3 is 4.98 Å². The number of fused-ring (bicyclic) bond motifs is 1. The highest BCUT2D eigenvalue weighted by molar-refractivity contribution is 7.93. The van der Waals surface area contributed by atoms with Crippen LogP contribution in [0.5, 0.6) is 0 Å². The number of hydrogen-bond donors (Lipinski definition) is 1. The molecule has 0 saturated heterocycles. The molecule has 5 nitrogen and oxygen atoms in total. The first-order valence-electron chi connectivity index (χ1n) is 8.79. The second-order valence-corrected chi connectivity index (χ2v) is 8.94. The fourth-order valence-corrected chi connectivity index (χ4v) is 5.06. The summed E-state index contributed by atoms with van der Waals surface area (Å²) in [6, 6.07) is 23.8. The van der Waals surface area contributed by atoms with Crippen LogP contribution in [-0.2, 0) is 14.6 Å². The molecule has 1 N–H and O–H groups in total. The second kappa shape index (κ2) is 6.73. The Morgan fingerprint density at radius 3 is 2.07 bits per heavy atom. The van der Waals surface area contributed by atoms with Crippen molar-refractivity contribution in [3.63, 3.8) is 0 Å². The molecule has 4 rings (SSSR count). The van der Waals surface area contributed by atoms with Gasteiger partial charge in [0.25, 0.3) is 0 Å². The fraction of sp³-hybridized carbons (Fsp3) is 0.0909. The number of imidazole rings is 1. The van der Waals surface area contributed by atoms with Crippen molar-refractivity contribution in [2.45, 2.75) is 16.6 Å². The average Bonchev–Trinajstić information content (AvgIpc) is 3.18. The fourth-order valence-electron chi connectivity index (χ4n) is 3.29. The topological polar surface area (TPSA) is 79.9 Å². The van der Waals surface area contributed by atoms with Gasteiger partial charge in [-0.25, -0.2) is 13.4 Å². The standard InChI is InChI=1S/C22H18N2O3S/c1-22(16-10-4-2-5-11-16,28(26,27)17-12-6-3-7-13-17)20(25)21-23-18-14-8-9-15-19(18)24-21/h2-15H,1H3,(H,23,24). The summed E-state index contributed by atoms with van der Waals surface area (Å²) in [6.45, 7) is 1.44. The summed E-state index contributed by atoms with van der Waals surface area (Å²) in [5.74, 6) is -0.578. The summed E-state index contributed by atoms with van der Waals surface area (Å²) in [6.07, 6.45) is 0. The Morgan fingerprint density at radius 2 is 1.43 bits per heavy atom. The summed E-state index contributed by atoms with van der Waals surface area (Å²) in [4.78, 5) is 21.0. The molecular formula is C22H18N2O3S. The molecule has 3 aromatic carbocycles. The number of sulfone groups is 1. The molecule has 0 aliphatic rings. The van der Waals surface area contributed by atoms with Gasteiger partial charge in [0, 0.05) is 0 Å². The molecule has 0 radical (unpaired) electrons. The van der Waals surface area contributed by atoms with Crippen molar-refractivity contribution in [2.24, 2.45) is 0 Å². The van der Waals surface area contributed by atoms with Crippen molar-refractivity contribution >= 4 is 26.7 Å². The maximum Gasteiger partial charge on any atom is 0.223 e. The Labute approximate surface area is 163 Å². The molecule has 1 atom stereocenters. The maximum absolute atomic E-state index is 13.6. The van der Waals surface area contributed by atoms with Crippen molar-refractivity contribution in [1.82, 2.24) is 9.97 Å². The lowest BCUT2D eigenvalue weighted by Gasteiger charge is -2.27. The number of carbonyl (C=O) groups is 1. The number of para-hydroxylation sites is 2. The quantitative estimate of drug-likeness (QED) is 0.520. The van der Waals surface area contributed by atoms with Gasteiger partial charge in [-0.05, 0) is 36.8 Å². The van der Waals surface area contributed by atoms with Crippen LogP contribution in [0, 0.1) is 0 Å². The third-order valence-corrected chi connectivity index (χ3v) is 7.34. The predicted molar refractivity (Wildman–Crippen MR) is 108 cm³/mol. The zero-order chi connectivity index (χ0) is 19.8. The van der Waals surface area contributed by atoms with Crippen molar-refractivity contribution in [1.29, 1.82) is 0 Å². The third kappa shape index (κ3) is 2.73. The van der Waals surface area contributed by atoms with Crippen LogP contribution in [-0.4, -0.2) is 24.2 Å². The second-order valence-electron chi connectivity index (χ2n) is 6.65. The van der Waals surface area contributed by atoms with E-state index < -0.39 is 20.4 Å². The number of nitrogens with zero attached hydrogens (tertiary/aromatic N) is 1. The molecule has 1 heterocycles. The van der Waals surface area contributed by atoms with Gasteiger partial charge in [0.05, 0.1) is 15.9 Å². The molecule has 0 amide bonds. The maximum atomic E-state index is 13.6. The normalized spacial score (nSPS) is 13.9. The van der Waals surface area contributed by atoms with E-state index in [0.29, 0.717) is 16.6 Å². The van der Waals surface area contributed by atoms with Crippen LogP contribution >= 0.6 is 0 Å². The number of Topliss-reactive ketones (excluding diaryl/α,β-unsaturated/α-hetero) is 1. The van der Waals surface area contributed by atoms with Crippen LogP contribution in [0.25, 0.3) is 11.0 Å². The molecule has 0 spiro atoms. The monoisotopic (exact) mass is 390 g/mol. The van der Waals surface area contributed by atoms with Crippen LogP contribution in [0.3, 0.4) is 0 Å². The van der Waals surface area contributed by atoms with E-state index in [-0.39, 0.29) is 10.7 Å². The van der Waals surface area contributed by atoms with Crippen molar-refractivity contribution in [3.05, 3.63) is 96.3 Å². The van der Waals surface area contributed by atoms with Crippen LogP contribution in [0.2, 0.25) is 0 Å². The smallest absolute Gasteiger partial charge is 0.223 e. The van der Waals surface area contributed by atoms with Crippen LogP contribution in [0.1, 0.15) is 23.1 Å². The number of aromatic amines is 1. The molecule has 1 aromatic heterocycles. The molecule has 0 aliphatic heterocycles. The number of rotatable bonds is 5. The Kier molecular flexibility index (Phi) is 4.35. The average molecular weight is 390 g/mol. The van der Waals surface area contributed by atoms with Gasteiger partial charge in [-0.1, -0.05) is 60.7 Å². The molecule has 1 unspecified atom stereocenters. The van der Waals surface area contributed by atoms with E-state index in [4.69, 9.17) is 0 Å². The molecular weight excluding hydrogens is 372 g/mol. The lowest BCUT2D eigenvalue weighted by molar-refractivity contribution is 0.0936. The number of benzene rings is 3. The van der Waals surface area contributed by atoms with Crippen LogP contribution in [0.15, 0.2) is 89.8 Å². The van der Waals surface area contributed by atoms with E-state index >= 15 is 0 Å². The van der Waals surface area contributed by atoms with Crippen molar-refractivity contribution in [2.75, 3.05) is 0 Å². The lowest BCUT2D eigenvalue weighted by atomic mass is 9.95. The van der Waals surface area contributed by atoms with Gasteiger partial charge in [-0.3, -0.25) is 4.79 Å². The number of carbonyl (C=O) groups excluding carboxylic acids is 1. The zero-order valence-corrected chi connectivity index (χ0v) is 16.0. The van der Waals surface area contributed by atoms with Crippen molar-refractivity contribution < 1.29 is 13.2 Å². The molecule has 0 bridgehead atoms. The van der Waals surface area contributed by atoms with E-state index in [1.165, 1.54) is 19.1 Å². The number of ketones is 1. The van der Waals surface area contributed by atoms with E-state index in [1.807, 2.05) is 12.1 Å². The van der Waals surface area contributed by atoms with Crippen molar-refractivity contribution in [3.8, 4) is 0 Å². The molecule has 6 heteroatoms. The Morgan fingerprint density at radius 1 is 0.857 bits per heavy atom. The molecule has 140 valence electrons. The van der Waals surface area contributed by atoms with Gasteiger partial charge in [-0.15, -0.1) is 0 Å². The Bertz CT molecular complexity index is 1220. The largest absolute Gasteiger partial charge is 0.335 e. The van der Waals surface area contributed by atoms with Gasteiger partial charge in [0.1, 0.15) is 0 Å². The number of nitrogens with one attached hydrogen (secondary N) is 1. The summed E-state index contributed by atoms with van der Waals surface area (Å²) in [5.41, 5.74) is 1.68. The summed E-state index contributed by atoms with van der Waals surface area (Å²) in [7, 11) is -4.05. The van der Waals surface area contributed by atoms with E-state index in [2.05, 4.69) is 9.97 Å². The summed E-state index contributed by atoms with van der Waals surface area (Å²) < 4.78 is 25.4. The van der Waals surface area contributed by atoms with Gasteiger partial charge >= 0.3 is 0 Å². The summed E-state index contributed by atoms with van der Waals surface area (Å²) in [5, 5.41) is 0. The highest BCUT2D eigenvalue weighted by Crippen LogP contribution is 2.38. The van der Waals surface area contributed by atoms with E-state index in [1.54, 1.807) is 60.7 Å². The first-order valence-corrected chi connectivity index (χ1v) is 10.3. The number of hydrogen-bond acceptors (Lipinski definition) is 4. The van der Waals surface area contributed by atoms with Gasteiger partial charge in [-0.2, -0.15) is 0 Å². The molecule has 4 aromatic rings.